The highest BCUT2D eigenvalue weighted by Crippen LogP contribution is 2.44. The number of benzene rings is 4. The minimum Gasteiger partial charge on any atom is -0.459 e. The van der Waals surface area contributed by atoms with Crippen molar-refractivity contribution in [1.29, 1.82) is 0 Å². The lowest BCUT2D eigenvalue weighted by molar-refractivity contribution is -0.278. The van der Waals surface area contributed by atoms with Crippen molar-refractivity contribution in [2.45, 2.75) is 159 Å². The van der Waals surface area contributed by atoms with Gasteiger partial charge in [0.2, 0.25) is 5.91 Å². The number of aromatic nitrogens is 1. The third-order valence-electron chi connectivity index (χ3n) is 14.0. The predicted molar refractivity (Wildman–Crippen MR) is 297 cm³/mol. The number of alkyl carbamates (subject to hydrolysis) is 3. The number of aliphatic hydroxyl groups excluding tert-OH is 3. The van der Waals surface area contributed by atoms with Crippen LogP contribution in [0.15, 0.2) is 109 Å². The van der Waals surface area contributed by atoms with Crippen LogP contribution in [0.2, 0.25) is 0 Å². The first-order valence-corrected chi connectivity index (χ1v) is 27.5. The van der Waals surface area contributed by atoms with Crippen LogP contribution in [0.3, 0.4) is 0 Å². The Bertz CT molecular complexity index is 2880. The molecule has 2 fully saturated rings. The summed E-state index contributed by atoms with van der Waals surface area (Å²) in [5, 5.41) is 48.2. The van der Waals surface area contributed by atoms with E-state index in [1.165, 1.54) is 0 Å². The van der Waals surface area contributed by atoms with Crippen LogP contribution in [0.5, 0.6) is 0 Å². The van der Waals surface area contributed by atoms with E-state index >= 15 is 0 Å². The molecule has 4 amide bonds. The van der Waals surface area contributed by atoms with Crippen LogP contribution < -0.4 is 26.6 Å². The summed E-state index contributed by atoms with van der Waals surface area (Å²) in [6.45, 7) is 10.3. The van der Waals surface area contributed by atoms with Gasteiger partial charge in [0.05, 0.1) is 12.2 Å². The fraction of sp³-hybridized carbons (Fsp3) is 0.483. The van der Waals surface area contributed by atoms with Gasteiger partial charge in [0.25, 0.3) is 0 Å². The molecule has 21 nitrogen and oxygen atoms in total. The first-order valence-electron chi connectivity index (χ1n) is 27.5. The molecule has 2 aliphatic heterocycles. The first-order chi connectivity index (χ1) is 38.7. The summed E-state index contributed by atoms with van der Waals surface area (Å²) in [4.78, 5) is 71.1. The van der Waals surface area contributed by atoms with Gasteiger partial charge in [-0.1, -0.05) is 97.1 Å². The Hall–Kier alpha value is -7.11. The van der Waals surface area contributed by atoms with E-state index in [1.807, 2.05) is 103 Å². The van der Waals surface area contributed by atoms with Crippen LogP contribution in [0.25, 0.3) is 22.0 Å². The molecule has 0 saturated carbocycles. The van der Waals surface area contributed by atoms with E-state index in [4.69, 9.17) is 33.2 Å². The lowest BCUT2D eigenvalue weighted by Gasteiger charge is -2.43. The topological polar surface area (TPSA) is 287 Å². The van der Waals surface area contributed by atoms with Crippen LogP contribution >= 0.6 is 0 Å². The van der Waals surface area contributed by atoms with Crippen molar-refractivity contribution in [1.82, 2.24) is 31.6 Å². The van der Waals surface area contributed by atoms with E-state index < -0.39 is 103 Å². The van der Waals surface area contributed by atoms with Crippen molar-refractivity contribution >= 4 is 41.1 Å². The highest BCUT2D eigenvalue weighted by molar-refractivity contribution is 5.91. The second kappa shape index (κ2) is 27.1. The third kappa shape index (κ3) is 16.5. The molecule has 21 heteroatoms. The van der Waals surface area contributed by atoms with E-state index in [1.54, 1.807) is 47.7 Å². The van der Waals surface area contributed by atoms with Crippen molar-refractivity contribution in [3.05, 3.63) is 132 Å². The molecule has 1 aromatic heterocycles. The maximum Gasteiger partial charge on any atom is 0.408 e. The number of nitrogens with one attached hydrogen (secondary N) is 6. The fourth-order valence-electron chi connectivity index (χ4n) is 10.2. The van der Waals surface area contributed by atoms with Gasteiger partial charge in [-0.3, -0.25) is 4.79 Å². The molecule has 6 unspecified atom stereocenters. The number of hydrogen-bond donors (Lipinski definition) is 9. The van der Waals surface area contributed by atoms with Gasteiger partial charge >= 0.3 is 24.2 Å². The lowest BCUT2D eigenvalue weighted by Crippen LogP contribution is -2.66. The van der Waals surface area contributed by atoms with E-state index in [2.05, 4.69) is 31.6 Å². The maximum absolute atomic E-state index is 14.5. The molecule has 4 aromatic carbocycles. The molecular weight excluding hydrogens is 1040 g/mol. The molecule has 5 aromatic rings. The van der Waals surface area contributed by atoms with E-state index in [0.717, 1.165) is 44.3 Å². The molecule has 0 spiro atoms. The summed E-state index contributed by atoms with van der Waals surface area (Å²) in [6, 6.07) is 29.1. The monoisotopic (exact) mass is 1120 g/mol. The van der Waals surface area contributed by atoms with Crippen LogP contribution in [0.4, 0.5) is 14.4 Å². The van der Waals surface area contributed by atoms with Crippen molar-refractivity contribution in [3.63, 3.8) is 0 Å². The largest absolute Gasteiger partial charge is 0.459 e. The zero-order valence-corrected chi connectivity index (χ0v) is 46.6. The standard InChI is InChI=1S/C60H76N6O15/c1-59(2,3)80-56(72)63-32-48-51(68)52(69)50(66-58(74)81-60(4,5)6)55(79-48)78-46-29-49(67)77-47(46)31-61-27-17-16-26-44(65-57(73)76-34-42-40-23-12-10-21-38(40)39-22-11-13-24-41(39)42)53(70)64-45(54(71)75-33-35-18-8-7-9-19-35)28-36-30-62-43-25-15-14-20-37(36)43/h7-15,18-25,30,42,44-52,55,61-62,67-69H,16-17,26-29,31-34H2,1-6H3,(H,63,72)(H,64,70)(H,65,73)(H,66,74)/t44?,45?,46?,47-,48?,49-,50?,51-,52?,55+/m1/s1. The number of hydrogen-bond acceptors (Lipinski definition) is 16. The number of aliphatic hydroxyl groups is 3. The summed E-state index contributed by atoms with van der Waals surface area (Å²) in [6.07, 6.45) is -8.42. The van der Waals surface area contributed by atoms with Gasteiger partial charge in [-0.15, -0.1) is 0 Å². The van der Waals surface area contributed by atoms with Gasteiger partial charge in [0.1, 0.15) is 60.9 Å². The minimum absolute atomic E-state index is 0.0119. The fourth-order valence-corrected chi connectivity index (χ4v) is 10.2. The second-order valence-electron chi connectivity index (χ2n) is 22.6. The Labute approximate surface area is 471 Å². The SMILES string of the molecule is CC(C)(C)OC(=O)NCC1O[C@H](OC2C[C@H](O)O[C@@H]2CNCCCCC(NC(=O)OCC2c3ccccc3-c3ccccc32)C(=O)NC(Cc2c[nH]c3ccccc23)C(=O)OCc2ccccc2)C(NC(=O)OC(C)(C)C)C(O)[C@@H]1O. The van der Waals surface area contributed by atoms with E-state index in [0.29, 0.717) is 19.4 Å². The summed E-state index contributed by atoms with van der Waals surface area (Å²) < 4.78 is 40.7. The van der Waals surface area contributed by atoms with Crippen LogP contribution in [0.1, 0.15) is 95.4 Å². The van der Waals surface area contributed by atoms with Crippen molar-refractivity contribution in [2.24, 2.45) is 0 Å². The molecule has 3 heterocycles. The average molecular weight is 1120 g/mol. The molecule has 2 saturated heterocycles. The van der Waals surface area contributed by atoms with Crippen LogP contribution in [-0.2, 0) is 55.8 Å². The molecule has 0 radical (unpaired) electrons. The number of fused-ring (bicyclic) bond motifs is 4. The molecule has 10 atom stereocenters. The molecule has 0 bridgehead atoms. The van der Waals surface area contributed by atoms with Gasteiger partial charge in [0.15, 0.2) is 12.6 Å². The van der Waals surface area contributed by atoms with Crippen molar-refractivity contribution in [2.75, 3.05) is 26.2 Å². The number of carbonyl (C=O) groups is 5. The second-order valence-corrected chi connectivity index (χ2v) is 22.6. The molecule has 81 heavy (non-hydrogen) atoms. The quantitative estimate of drug-likeness (QED) is 0.0219. The highest BCUT2D eigenvalue weighted by atomic mass is 16.7. The summed E-state index contributed by atoms with van der Waals surface area (Å²) >= 11 is 0. The number of ether oxygens (including phenoxy) is 7. The third-order valence-corrected chi connectivity index (χ3v) is 14.0. The Kier molecular flexibility index (Phi) is 20.1. The Morgan fingerprint density at radius 3 is 2.05 bits per heavy atom. The molecule has 436 valence electrons. The van der Waals surface area contributed by atoms with Gasteiger partial charge < -0.3 is 80.0 Å². The first kappa shape index (κ1) is 60.0. The number of aromatic amines is 1. The van der Waals surface area contributed by atoms with Gasteiger partial charge in [0, 0.05) is 48.9 Å². The van der Waals surface area contributed by atoms with Crippen LogP contribution in [0, 0.1) is 0 Å². The summed E-state index contributed by atoms with van der Waals surface area (Å²) in [7, 11) is 0. The average Bonchev–Trinajstić information content (AvgIpc) is 4.05. The zero-order valence-electron chi connectivity index (χ0n) is 46.6. The molecule has 3 aliphatic rings. The van der Waals surface area contributed by atoms with E-state index in [9.17, 15) is 39.3 Å². The molecule has 9 N–H and O–H groups in total. The van der Waals surface area contributed by atoms with Gasteiger partial charge in [-0.05, 0) is 107 Å². The number of rotatable bonds is 22. The molecule has 1 aliphatic carbocycles. The number of H-pyrrole nitrogens is 1. The molecular formula is C60H76N6O15. The zero-order chi connectivity index (χ0) is 57.8. The van der Waals surface area contributed by atoms with Crippen molar-refractivity contribution in [3.8, 4) is 11.1 Å². The van der Waals surface area contributed by atoms with Gasteiger partial charge in [-0.2, -0.15) is 0 Å². The summed E-state index contributed by atoms with van der Waals surface area (Å²) in [5.41, 5.74) is 4.86. The predicted octanol–water partition coefficient (Wildman–Crippen LogP) is 5.96. The normalized spacial score (nSPS) is 22.4. The Morgan fingerprint density at radius 2 is 1.35 bits per heavy atom. The minimum atomic E-state index is -1.66. The number of para-hydroxylation sites is 1. The lowest BCUT2D eigenvalue weighted by atomic mass is 9.96. The van der Waals surface area contributed by atoms with Crippen LogP contribution in [-0.4, -0.2) is 149 Å². The number of carbonyl (C=O) groups excluding carboxylic acids is 5. The maximum atomic E-state index is 14.5. The number of amides is 4. The van der Waals surface area contributed by atoms with Gasteiger partial charge in [-0.25, -0.2) is 19.2 Å². The summed E-state index contributed by atoms with van der Waals surface area (Å²) in [5.74, 6) is -1.50. The van der Waals surface area contributed by atoms with Crippen molar-refractivity contribution < 1.29 is 72.5 Å². The number of unbranched alkanes of at least 4 members (excludes halogenated alkanes) is 1. The Balaban J connectivity index is 0.920. The molecule has 8 rings (SSSR count). The van der Waals surface area contributed by atoms with E-state index in [-0.39, 0.29) is 51.5 Å². The highest BCUT2D eigenvalue weighted by Gasteiger charge is 2.49. The number of esters is 1. The smallest absolute Gasteiger partial charge is 0.408 e. The Morgan fingerprint density at radius 1 is 0.691 bits per heavy atom.